The summed E-state index contributed by atoms with van der Waals surface area (Å²) in [7, 11) is 3.32. The zero-order valence-corrected chi connectivity index (χ0v) is 22.4. The van der Waals surface area contributed by atoms with Gasteiger partial charge < -0.3 is 24.3 Å². The molecule has 0 unspecified atom stereocenters. The zero-order chi connectivity index (χ0) is 25.6. The minimum Gasteiger partial charge on any atom is -0.496 e. The van der Waals surface area contributed by atoms with Gasteiger partial charge in [0.2, 0.25) is 0 Å². The Labute approximate surface area is 211 Å². The van der Waals surface area contributed by atoms with Gasteiger partial charge in [0.1, 0.15) is 17.2 Å². The van der Waals surface area contributed by atoms with Crippen molar-refractivity contribution in [3.63, 3.8) is 0 Å². The van der Waals surface area contributed by atoms with Crippen LogP contribution in [0, 0.1) is 0 Å². The first-order chi connectivity index (χ1) is 17.0. The highest BCUT2D eigenvalue weighted by molar-refractivity contribution is 5.99. The fourth-order valence-corrected chi connectivity index (χ4v) is 3.65. The minimum atomic E-state index is -0.173. The lowest BCUT2D eigenvalue weighted by atomic mass is 9.94. The van der Waals surface area contributed by atoms with Crippen LogP contribution in [0.25, 0.3) is 11.1 Å². The summed E-state index contributed by atoms with van der Waals surface area (Å²) in [6.07, 6.45) is 4.63. The van der Waals surface area contributed by atoms with Gasteiger partial charge in [0, 0.05) is 37.5 Å². The Kier molecular flexibility index (Phi) is 12.5. The number of unbranched alkanes of at least 4 members (excludes halogenated alkanes) is 2. The molecule has 6 heteroatoms. The summed E-state index contributed by atoms with van der Waals surface area (Å²) in [5.41, 5.74) is 3.41. The molecule has 0 saturated carbocycles. The maximum atomic E-state index is 13.2. The number of carbonyl (C=O) groups is 1. The van der Waals surface area contributed by atoms with Gasteiger partial charge in [-0.05, 0) is 48.9 Å². The summed E-state index contributed by atoms with van der Waals surface area (Å²) < 4.78 is 23.2. The second-order valence-electron chi connectivity index (χ2n) is 8.97. The van der Waals surface area contributed by atoms with Gasteiger partial charge in [-0.15, -0.1) is 0 Å². The van der Waals surface area contributed by atoms with Gasteiger partial charge in [-0.25, -0.2) is 0 Å². The van der Waals surface area contributed by atoms with Crippen LogP contribution < -0.4 is 19.5 Å². The standard InChI is InChI=1S/C29H43NO5/c1-7-9-16-34-27-20-28(35-17-10-8-2)25(29(31)30-14-11-15-32-5)19-24(27)23-18-22(21(3)4)12-13-26(23)33-6/h12-13,18-21H,7-11,14-17H2,1-6H3,(H,30,31). The van der Waals surface area contributed by atoms with E-state index < -0.39 is 0 Å². The lowest BCUT2D eigenvalue weighted by Crippen LogP contribution is -2.26. The Bertz CT molecular complexity index is 926. The van der Waals surface area contributed by atoms with Crippen LogP contribution >= 0.6 is 0 Å². The molecular formula is C29H43NO5. The molecule has 6 nitrogen and oxygen atoms in total. The molecule has 0 aliphatic heterocycles. The lowest BCUT2D eigenvalue weighted by Gasteiger charge is -2.20. The van der Waals surface area contributed by atoms with Gasteiger partial charge in [-0.2, -0.15) is 0 Å². The van der Waals surface area contributed by atoms with E-state index >= 15 is 0 Å². The Morgan fingerprint density at radius 3 is 2.09 bits per heavy atom. The number of rotatable bonds is 16. The average molecular weight is 486 g/mol. The van der Waals surface area contributed by atoms with E-state index in [-0.39, 0.29) is 5.91 Å². The molecule has 0 aliphatic carbocycles. The third kappa shape index (κ3) is 8.46. The van der Waals surface area contributed by atoms with Crippen LogP contribution in [0.2, 0.25) is 0 Å². The van der Waals surface area contributed by atoms with Gasteiger partial charge in [0.15, 0.2) is 0 Å². The van der Waals surface area contributed by atoms with Gasteiger partial charge in [0.05, 0.1) is 25.9 Å². The van der Waals surface area contributed by atoms with Crippen molar-refractivity contribution in [1.82, 2.24) is 5.32 Å². The van der Waals surface area contributed by atoms with E-state index in [9.17, 15) is 4.79 Å². The molecule has 194 valence electrons. The molecular weight excluding hydrogens is 442 g/mol. The lowest BCUT2D eigenvalue weighted by molar-refractivity contribution is 0.0944. The Balaban J connectivity index is 2.61. The molecule has 0 saturated heterocycles. The molecule has 0 bridgehead atoms. The molecule has 0 aromatic heterocycles. The highest BCUT2D eigenvalue weighted by Crippen LogP contribution is 2.42. The normalized spacial score (nSPS) is 10.9. The number of hydrogen-bond donors (Lipinski definition) is 1. The van der Waals surface area contributed by atoms with Gasteiger partial charge in [0.25, 0.3) is 5.91 Å². The Hall–Kier alpha value is -2.73. The Morgan fingerprint density at radius 2 is 1.49 bits per heavy atom. The van der Waals surface area contributed by atoms with Crippen LogP contribution in [0.15, 0.2) is 30.3 Å². The molecule has 2 aromatic carbocycles. The van der Waals surface area contributed by atoms with Crippen molar-refractivity contribution in [3.8, 4) is 28.4 Å². The second kappa shape index (κ2) is 15.3. The smallest absolute Gasteiger partial charge is 0.255 e. The summed E-state index contributed by atoms with van der Waals surface area (Å²) in [6.45, 7) is 10.8. The van der Waals surface area contributed by atoms with Gasteiger partial charge in [-0.1, -0.05) is 46.6 Å². The monoisotopic (exact) mass is 485 g/mol. The molecule has 2 aromatic rings. The fourth-order valence-electron chi connectivity index (χ4n) is 3.65. The number of carbonyl (C=O) groups excluding carboxylic acids is 1. The fraction of sp³-hybridized carbons (Fsp3) is 0.552. The maximum absolute atomic E-state index is 13.2. The maximum Gasteiger partial charge on any atom is 0.255 e. The van der Waals surface area contributed by atoms with Crippen molar-refractivity contribution in [3.05, 3.63) is 41.5 Å². The summed E-state index contributed by atoms with van der Waals surface area (Å²) in [5, 5.41) is 3.00. The molecule has 1 N–H and O–H groups in total. The average Bonchev–Trinajstić information content (AvgIpc) is 2.86. The van der Waals surface area contributed by atoms with E-state index in [0.29, 0.717) is 49.3 Å². The second-order valence-corrected chi connectivity index (χ2v) is 8.97. The van der Waals surface area contributed by atoms with Crippen LogP contribution in [-0.4, -0.2) is 46.5 Å². The molecule has 0 aliphatic rings. The van der Waals surface area contributed by atoms with E-state index in [1.165, 1.54) is 5.56 Å². The third-order valence-corrected chi connectivity index (χ3v) is 5.83. The number of ether oxygens (including phenoxy) is 4. The molecule has 0 spiro atoms. The van der Waals surface area contributed by atoms with Gasteiger partial charge in [-0.3, -0.25) is 4.79 Å². The van der Waals surface area contributed by atoms with E-state index in [0.717, 1.165) is 49.0 Å². The summed E-state index contributed by atoms with van der Waals surface area (Å²) in [4.78, 5) is 13.2. The van der Waals surface area contributed by atoms with Crippen molar-refractivity contribution >= 4 is 5.91 Å². The molecule has 2 rings (SSSR count). The van der Waals surface area contributed by atoms with Crippen molar-refractivity contribution in [2.24, 2.45) is 0 Å². The van der Waals surface area contributed by atoms with E-state index in [4.69, 9.17) is 18.9 Å². The first kappa shape index (κ1) is 28.5. The summed E-state index contributed by atoms with van der Waals surface area (Å²) in [5.74, 6) is 2.15. The minimum absolute atomic E-state index is 0.173. The first-order valence-electron chi connectivity index (χ1n) is 12.9. The molecule has 1 amide bonds. The van der Waals surface area contributed by atoms with Crippen molar-refractivity contribution in [2.45, 2.75) is 65.7 Å². The quantitative estimate of drug-likeness (QED) is 0.271. The third-order valence-electron chi connectivity index (χ3n) is 5.83. The zero-order valence-electron chi connectivity index (χ0n) is 22.4. The number of hydrogen-bond acceptors (Lipinski definition) is 5. The van der Waals surface area contributed by atoms with Crippen molar-refractivity contribution < 1.29 is 23.7 Å². The van der Waals surface area contributed by atoms with Crippen molar-refractivity contribution in [1.29, 1.82) is 0 Å². The number of nitrogens with one attached hydrogen (secondary N) is 1. The predicted octanol–water partition coefficient (Wildman–Crippen LogP) is 6.61. The molecule has 0 heterocycles. The molecule has 0 atom stereocenters. The number of methoxy groups -OCH3 is 2. The van der Waals surface area contributed by atoms with Crippen LogP contribution in [0.1, 0.15) is 81.6 Å². The SMILES string of the molecule is CCCCOc1cc(OCCCC)c(-c2cc(C(C)C)ccc2OC)cc1C(=O)NCCCOC. The number of benzene rings is 2. The van der Waals surface area contributed by atoms with E-state index in [1.54, 1.807) is 14.2 Å². The van der Waals surface area contributed by atoms with Crippen LogP contribution in [0.5, 0.6) is 17.2 Å². The van der Waals surface area contributed by atoms with Gasteiger partial charge >= 0.3 is 0 Å². The predicted molar refractivity (Wildman–Crippen MR) is 142 cm³/mol. The van der Waals surface area contributed by atoms with Crippen LogP contribution in [0.3, 0.4) is 0 Å². The van der Waals surface area contributed by atoms with Crippen LogP contribution in [-0.2, 0) is 4.74 Å². The highest BCUT2D eigenvalue weighted by atomic mass is 16.5. The van der Waals surface area contributed by atoms with Crippen LogP contribution in [0.4, 0.5) is 0 Å². The molecule has 0 fully saturated rings. The van der Waals surface area contributed by atoms with E-state index in [1.807, 2.05) is 18.2 Å². The summed E-state index contributed by atoms with van der Waals surface area (Å²) >= 11 is 0. The highest BCUT2D eigenvalue weighted by Gasteiger charge is 2.21. The molecule has 0 radical (unpaired) electrons. The first-order valence-corrected chi connectivity index (χ1v) is 12.9. The van der Waals surface area contributed by atoms with E-state index in [2.05, 4.69) is 45.1 Å². The largest absolute Gasteiger partial charge is 0.496 e. The Morgan fingerprint density at radius 1 is 0.829 bits per heavy atom. The summed E-state index contributed by atoms with van der Waals surface area (Å²) in [6, 6.07) is 9.94. The van der Waals surface area contributed by atoms with Crippen molar-refractivity contribution in [2.75, 3.05) is 40.6 Å². The molecule has 35 heavy (non-hydrogen) atoms. The topological polar surface area (TPSA) is 66.0 Å². The number of amides is 1.